The first-order valence-corrected chi connectivity index (χ1v) is 17.1. The van der Waals surface area contributed by atoms with Crippen molar-refractivity contribution in [2.24, 2.45) is 0 Å². The van der Waals surface area contributed by atoms with Crippen molar-refractivity contribution in [2.45, 2.75) is 104 Å². The second kappa shape index (κ2) is 15.3. The van der Waals surface area contributed by atoms with Crippen LogP contribution in [0.25, 0.3) is 0 Å². The largest absolute Gasteiger partial charge is 0.394 e. The zero-order valence-corrected chi connectivity index (χ0v) is 25.0. The van der Waals surface area contributed by atoms with Crippen molar-refractivity contribution in [3.63, 3.8) is 0 Å². The summed E-state index contributed by atoms with van der Waals surface area (Å²) in [4.78, 5) is 0. The minimum absolute atomic E-state index is 0.360. The summed E-state index contributed by atoms with van der Waals surface area (Å²) in [6.45, 7) is 21.1. The van der Waals surface area contributed by atoms with Crippen LogP contribution in [0.3, 0.4) is 0 Å². The first-order chi connectivity index (χ1) is 16.1. The highest BCUT2D eigenvalue weighted by atomic mass is 28.4. The maximum absolute atomic E-state index is 6.63. The minimum Gasteiger partial charge on any atom is -0.394 e. The standard InChI is InChI=1S/C30H46O2Si2/c1-10-11-12-13-17-22-31-33(26(2)3,27(4)5)24-25-34(28(6)7,29(8)9)32-23-18-21-30-19-15-14-16-20-30/h14-16,19-20,26-29H,10-12,22-23H2,1-9H3. The molecule has 2 nitrogen and oxygen atoms in total. The summed E-state index contributed by atoms with van der Waals surface area (Å²) in [6, 6.07) is 10.1. The first-order valence-electron chi connectivity index (χ1n) is 12.9. The molecule has 0 aliphatic carbocycles. The molecule has 1 aromatic carbocycles. The highest BCUT2D eigenvalue weighted by molar-refractivity contribution is 6.89. The number of unbranched alkanes of at least 4 members (excludes halogenated alkanes) is 2. The van der Waals surface area contributed by atoms with E-state index in [9.17, 15) is 0 Å². The van der Waals surface area contributed by atoms with Gasteiger partial charge in [0.05, 0.1) is 13.2 Å². The molecule has 1 aromatic rings. The summed E-state index contributed by atoms with van der Waals surface area (Å²) in [5.74, 6) is 12.9. The molecule has 0 unspecified atom stereocenters. The van der Waals surface area contributed by atoms with E-state index in [0.29, 0.717) is 35.4 Å². The first kappa shape index (κ1) is 30.3. The van der Waals surface area contributed by atoms with Crippen molar-refractivity contribution >= 4 is 16.6 Å². The summed E-state index contributed by atoms with van der Waals surface area (Å²) in [6.07, 6.45) is 3.26. The Labute approximate surface area is 212 Å². The quantitative estimate of drug-likeness (QED) is 0.187. The van der Waals surface area contributed by atoms with Crippen LogP contribution >= 0.6 is 0 Å². The zero-order valence-electron chi connectivity index (χ0n) is 23.0. The Bertz CT molecular complexity index is 884. The van der Waals surface area contributed by atoms with Crippen LogP contribution in [-0.2, 0) is 8.85 Å². The lowest BCUT2D eigenvalue weighted by molar-refractivity contribution is 0.342. The predicted octanol–water partition coefficient (Wildman–Crippen LogP) is 7.88. The van der Waals surface area contributed by atoms with Gasteiger partial charge in [0.2, 0.25) is 0 Å². The number of benzene rings is 1. The van der Waals surface area contributed by atoms with E-state index in [2.05, 4.69) is 97.1 Å². The van der Waals surface area contributed by atoms with Gasteiger partial charge in [-0.15, -0.1) is 17.0 Å². The SMILES string of the molecule is CCCCC#CCO[Si](C#C[Si](OCC#Cc1ccccc1)(C(C)C)C(C)C)(C(C)C)C(C)C. The van der Waals surface area contributed by atoms with E-state index in [1.54, 1.807) is 0 Å². The summed E-state index contributed by atoms with van der Waals surface area (Å²) in [5.41, 5.74) is 10.1. The third-order valence-corrected chi connectivity index (χ3v) is 15.8. The molecule has 0 radical (unpaired) electrons. The van der Waals surface area contributed by atoms with Gasteiger partial charge in [0.25, 0.3) is 16.6 Å². The number of rotatable bonds is 10. The van der Waals surface area contributed by atoms with E-state index in [0.717, 1.165) is 18.4 Å². The lowest BCUT2D eigenvalue weighted by Crippen LogP contribution is -2.48. The third kappa shape index (κ3) is 8.80. The molecule has 0 saturated heterocycles. The maximum Gasteiger partial charge on any atom is 0.277 e. The maximum atomic E-state index is 6.63. The van der Waals surface area contributed by atoms with Gasteiger partial charge < -0.3 is 8.85 Å². The lowest BCUT2D eigenvalue weighted by atomic mass is 10.2. The van der Waals surface area contributed by atoms with Crippen LogP contribution in [0.5, 0.6) is 0 Å². The summed E-state index contributed by atoms with van der Waals surface area (Å²) < 4.78 is 13.2. The molecule has 0 fully saturated rings. The van der Waals surface area contributed by atoms with Gasteiger partial charge in [-0.1, -0.05) is 105 Å². The summed E-state index contributed by atoms with van der Waals surface area (Å²) in [5, 5.41) is 0. The summed E-state index contributed by atoms with van der Waals surface area (Å²) in [7, 11) is -4.77. The normalized spacial score (nSPS) is 11.7. The molecular formula is C30H46O2Si2. The van der Waals surface area contributed by atoms with Gasteiger partial charge in [0.15, 0.2) is 0 Å². The fraction of sp³-hybridized carbons (Fsp3) is 0.600. The van der Waals surface area contributed by atoms with Crippen molar-refractivity contribution in [3.05, 3.63) is 35.9 Å². The monoisotopic (exact) mass is 494 g/mol. The Kier molecular flexibility index (Phi) is 13.6. The van der Waals surface area contributed by atoms with Crippen molar-refractivity contribution < 1.29 is 8.85 Å². The summed E-state index contributed by atoms with van der Waals surface area (Å²) >= 11 is 0. The van der Waals surface area contributed by atoms with Crippen molar-refractivity contribution in [1.82, 2.24) is 0 Å². The van der Waals surface area contributed by atoms with Crippen LogP contribution in [0.2, 0.25) is 22.2 Å². The van der Waals surface area contributed by atoms with Crippen molar-refractivity contribution in [2.75, 3.05) is 13.2 Å². The van der Waals surface area contributed by atoms with E-state index in [-0.39, 0.29) is 0 Å². The third-order valence-electron chi connectivity index (χ3n) is 6.44. The van der Waals surface area contributed by atoms with Crippen LogP contribution in [0, 0.1) is 34.8 Å². The molecule has 0 spiro atoms. The van der Waals surface area contributed by atoms with Gasteiger partial charge in [-0.3, -0.25) is 0 Å². The molecule has 0 amide bonds. The number of hydrogen-bond donors (Lipinski definition) is 0. The molecule has 4 heteroatoms. The van der Waals surface area contributed by atoms with E-state index in [1.165, 1.54) is 6.42 Å². The van der Waals surface area contributed by atoms with Crippen LogP contribution in [0.15, 0.2) is 30.3 Å². The molecule has 0 aliphatic heterocycles. The van der Waals surface area contributed by atoms with Crippen LogP contribution in [-0.4, -0.2) is 29.8 Å². The minimum atomic E-state index is -2.40. The second-order valence-electron chi connectivity index (χ2n) is 10.2. The van der Waals surface area contributed by atoms with Gasteiger partial charge in [-0.25, -0.2) is 0 Å². The van der Waals surface area contributed by atoms with Gasteiger partial charge in [0, 0.05) is 12.0 Å². The average Bonchev–Trinajstić information content (AvgIpc) is 2.79. The van der Waals surface area contributed by atoms with Crippen LogP contribution in [0.1, 0.15) is 87.1 Å². The van der Waals surface area contributed by atoms with Crippen LogP contribution in [0.4, 0.5) is 0 Å². The molecular weight excluding hydrogens is 449 g/mol. The Morgan fingerprint density at radius 3 is 1.59 bits per heavy atom. The Balaban J connectivity index is 3.23. The smallest absolute Gasteiger partial charge is 0.277 e. The highest BCUT2D eigenvalue weighted by Gasteiger charge is 2.45. The molecule has 0 bridgehead atoms. The van der Waals surface area contributed by atoms with Gasteiger partial charge in [0.1, 0.15) is 0 Å². The van der Waals surface area contributed by atoms with Gasteiger partial charge in [-0.05, 0) is 40.7 Å². The Morgan fingerprint density at radius 2 is 1.15 bits per heavy atom. The molecule has 0 N–H and O–H groups in total. The molecule has 0 atom stereocenters. The molecule has 0 aliphatic rings. The average molecular weight is 495 g/mol. The fourth-order valence-electron chi connectivity index (χ4n) is 4.22. The van der Waals surface area contributed by atoms with Crippen LogP contribution < -0.4 is 0 Å². The van der Waals surface area contributed by atoms with Crippen molar-refractivity contribution in [1.29, 1.82) is 0 Å². The highest BCUT2D eigenvalue weighted by Crippen LogP contribution is 2.36. The Hall–Kier alpha value is -1.75. The molecule has 34 heavy (non-hydrogen) atoms. The van der Waals surface area contributed by atoms with Gasteiger partial charge >= 0.3 is 0 Å². The van der Waals surface area contributed by atoms with E-state index >= 15 is 0 Å². The van der Waals surface area contributed by atoms with Gasteiger partial charge in [-0.2, -0.15) is 0 Å². The molecule has 0 aromatic heterocycles. The predicted molar refractivity (Wildman–Crippen MR) is 152 cm³/mol. The topological polar surface area (TPSA) is 18.5 Å². The fourth-order valence-corrected chi connectivity index (χ4v) is 11.7. The van der Waals surface area contributed by atoms with E-state index in [1.807, 2.05) is 30.3 Å². The molecule has 1 rings (SSSR count). The molecule has 0 saturated carbocycles. The van der Waals surface area contributed by atoms with E-state index < -0.39 is 16.6 Å². The second-order valence-corrected chi connectivity index (χ2v) is 19.0. The number of hydrogen-bond acceptors (Lipinski definition) is 2. The zero-order chi connectivity index (χ0) is 25.6. The molecule has 0 heterocycles. The molecule has 186 valence electrons. The lowest BCUT2D eigenvalue weighted by Gasteiger charge is -2.36. The van der Waals surface area contributed by atoms with E-state index in [4.69, 9.17) is 8.85 Å². The van der Waals surface area contributed by atoms with Crippen molar-refractivity contribution in [3.8, 4) is 34.8 Å². The Morgan fingerprint density at radius 1 is 0.676 bits per heavy atom.